The Morgan fingerprint density at radius 2 is 1.73 bits per heavy atom. The third kappa shape index (κ3) is 8.36. The summed E-state index contributed by atoms with van der Waals surface area (Å²) < 4.78 is 34.2. The Kier molecular flexibility index (Phi) is 8.72. The molecule has 8 heteroatoms. The van der Waals surface area contributed by atoms with E-state index in [1.54, 1.807) is 0 Å². The van der Waals surface area contributed by atoms with Crippen LogP contribution in [0.25, 0.3) is 0 Å². The molecule has 0 aliphatic heterocycles. The lowest BCUT2D eigenvalue weighted by atomic mass is 10.0. The second-order valence-corrected chi connectivity index (χ2v) is 14.4. The summed E-state index contributed by atoms with van der Waals surface area (Å²) in [6.45, 7) is 15.7. The van der Waals surface area contributed by atoms with Crippen LogP contribution in [0.1, 0.15) is 41.0 Å². The van der Waals surface area contributed by atoms with E-state index in [1.807, 2.05) is 6.92 Å². The van der Waals surface area contributed by atoms with Crippen LogP contribution in [0, 0.1) is 5.92 Å². The molecule has 0 amide bonds. The van der Waals surface area contributed by atoms with Crippen LogP contribution in [-0.2, 0) is 18.7 Å². The first-order chi connectivity index (χ1) is 9.69. The normalized spacial score (nSPS) is 18.0. The lowest BCUT2D eigenvalue weighted by Crippen LogP contribution is -2.42. The number of hydrogen-bond acceptors (Lipinski definition) is 5. The molecule has 0 aliphatic rings. The molecule has 134 valence electrons. The van der Waals surface area contributed by atoms with Crippen LogP contribution in [0.3, 0.4) is 0 Å². The predicted molar refractivity (Wildman–Crippen MR) is 99.0 cm³/mol. The van der Waals surface area contributed by atoms with Crippen LogP contribution in [0.15, 0.2) is 0 Å². The predicted octanol–water partition coefficient (Wildman–Crippen LogP) is 3.15. The van der Waals surface area contributed by atoms with Crippen LogP contribution < -0.4 is 5.09 Å². The van der Waals surface area contributed by atoms with E-state index < -0.39 is 24.5 Å². The van der Waals surface area contributed by atoms with E-state index in [4.69, 9.17) is 8.61 Å². The zero-order valence-corrected chi connectivity index (χ0v) is 18.2. The Balaban J connectivity index is 4.68. The highest BCUT2D eigenvalue weighted by Crippen LogP contribution is 2.37. The molecular weight excluding hydrogens is 337 g/mol. The third-order valence-electron chi connectivity index (χ3n) is 4.29. The topological polar surface area (TPSA) is 64.6 Å². The lowest BCUT2D eigenvalue weighted by Gasteiger charge is -2.37. The molecule has 0 saturated heterocycles. The number of nitrogens with one attached hydrogen (secondary N) is 1. The van der Waals surface area contributed by atoms with Crippen molar-refractivity contribution in [2.24, 2.45) is 5.92 Å². The van der Waals surface area contributed by atoms with E-state index in [9.17, 15) is 8.42 Å². The van der Waals surface area contributed by atoms with Crippen molar-refractivity contribution >= 4 is 27.8 Å². The standard InChI is InChI=1S/C14H34NO4PSSi/c1-11(10-18-22(7,8)14(3,4)5)9-13(12(2)15-20)19-21(6,16)17/h11-13,15H,9-10,20H2,1-8H3. The highest BCUT2D eigenvalue weighted by molar-refractivity contribution is 7.86. The van der Waals surface area contributed by atoms with Crippen LogP contribution in [0.5, 0.6) is 0 Å². The summed E-state index contributed by atoms with van der Waals surface area (Å²) in [6.07, 6.45) is 1.32. The number of hydrogen-bond donors (Lipinski definition) is 1. The van der Waals surface area contributed by atoms with Gasteiger partial charge in [0.1, 0.15) is 0 Å². The van der Waals surface area contributed by atoms with Crippen LogP contribution in [0.2, 0.25) is 18.1 Å². The molecular formula is C14H34NO4PSSi. The largest absolute Gasteiger partial charge is 0.417 e. The first kappa shape index (κ1) is 22.5. The summed E-state index contributed by atoms with van der Waals surface area (Å²) in [5.41, 5.74) is 0. The number of rotatable bonds is 9. The van der Waals surface area contributed by atoms with Gasteiger partial charge in [0.05, 0.1) is 12.4 Å². The first-order valence-corrected chi connectivity index (χ1v) is 13.0. The van der Waals surface area contributed by atoms with Crippen molar-refractivity contribution < 1.29 is 17.0 Å². The Bertz CT molecular complexity index is 437. The Labute approximate surface area is 140 Å². The molecule has 5 nitrogen and oxygen atoms in total. The van der Waals surface area contributed by atoms with Gasteiger partial charge in [0.25, 0.3) is 10.1 Å². The van der Waals surface area contributed by atoms with Gasteiger partial charge in [0.15, 0.2) is 8.32 Å². The molecule has 0 heterocycles. The lowest BCUT2D eigenvalue weighted by molar-refractivity contribution is 0.129. The van der Waals surface area contributed by atoms with Gasteiger partial charge in [-0.2, -0.15) is 8.42 Å². The van der Waals surface area contributed by atoms with Gasteiger partial charge in [-0.15, -0.1) is 0 Å². The summed E-state index contributed by atoms with van der Waals surface area (Å²) in [5.74, 6) is 0.224. The molecule has 0 saturated carbocycles. The van der Waals surface area contributed by atoms with Crippen LogP contribution >= 0.6 is 9.39 Å². The molecule has 0 spiro atoms. The second kappa shape index (κ2) is 8.54. The molecule has 0 fully saturated rings. The van der Waals surface area contributed by atoms with Gasteiger partial charge in [-0.05, 0) is 37.4 Å². The molecule has 4 atom stereocenters. The van der Waals surface area contributed by atoms with Gasteiger partial charge < -0.3 is 4.43 Å². The first-order valence-electron chi connectivity index (χ1n) is 7.68. The van der Waals surface area contributed by atoms with Crippen molar-refractivity contribution in [3.05, 3.63) is 0 Å². The van der Waals surface area contributed by atoms with Crippen molar-refractivity contribution in [1.82, 2.24) is 5.09 Å². The maximum Gasteiger partial charge on any atom is 0.264 e. The van der Waals surface area contributed by atoms with E-state index in [-0.39, 0.29) is 17.0 Å². The van der Waals surface area contributed by atoms with Crippen molar-refractivity contribution in [2.45, 2.75) is 71.3 Å². The summed E-state index contributed by atoms with van der Waals surface area (Å²) >= 11 is 0. The van der Waals surface area contributed by atoms with Crippen LogP contribution in [-0.4, -0.2) is 41.7 Å². The van der Waals surface area contributed by atoms with Crippen molar-refractivity contribution in [3.63, 3.8) is 0 Å². The Hall–Kier alpha value is 0.477. The summed E-state index contributed by atoms with van der Waals surface area (Å²) in [6, 6.07) is -0.0740. The van der Waals surface area contributed by atoms with E-state index >= 15 is 0 Å². The quantitative estimate of drug-likeness (QED) is 0.383. The van der Waals surface area contributed by atoms with Gasteiger partial charge in [-0.1, -0.05) is 37.1 Å². The fourth-order valence-corrected chi connectivity index (χ4v) is 3.73. The molecule has 1 N–H and O–H groups in total. The molecule has 4 unspecified atom stereocenters. The van der Waals surface area contributed by atoms with Crippen molar-refractivity contribution in [1.29, 1.82) is 0 Å². The van der Waals surface area contributed by atoms with Crippen LogP contribution in [0.4, 0.5) is 0 Å². The molecule has 0 aromatic heterocycles. The molecule has 0 aromatic rings. The Morgan fingerprint density at radius 3 is 2.09 bits per heavy atom. The summed E-state index contributed by atoms with van der Waals surface area (Å²) in [5, 5.41) is 3.16. The molecule has 0 radical (unpaired) electrons. The highest BCUT2D eigenvalue weighted by Gasteiger charge is 2.37. The minimum atomic E-state index is -3.47. The second-order valence-electron chi connectivity index (χ2n) is 7.71. The third-order valence-corrected chi connectivity index (χ3v) is 9.91. The average Bonchev–Trinajstić information content (AvgIpc) is 2.31. The molecule has 0 aromatic carbocycles. The zero-order valence-electron chi connectivity index (χ0n) is 15.3. The summed E-state index contributed by atoms with van der Waals surface area (Å²) in [4.78, 5) is 0. The zero-order chi connectivity index (χ0) is 17.8. The van der Waals surface area contributed by atoms with E-state index in [1.165, 1.54) is 0 Å². The molecule has 0 bridgehead atoms. The minimum absolute atomic E-state index is 0.0740. The summed E-state index contributed by atoms with van der Waals surface area (Å²) in [7, 11) is -2.84. The Morgan fingerprint density at radius 1 is 1.23 bits per heavy atom. The van der Waals surface area contributed by atoms with Gasteiger partial charge in [0, 0.05) is 12.6 Å². The maximum absolute atomic E-state index is 11.4. The average molecular weight is 372 g/mol. The monoisotopic (exact) mass is 371 g/mol. The molecule has 0 rings (SSSR count). The van der Waals surface area contributed by atoms with E-state index in [0.29, 0.717) is 13.0 Å². The molecule has 0 aliphatic carbocycles. The van der Waals surface area contributed by atoms with Crippen molar-refractivity contribution in [3.8, 4) is 0 Å². The SMILES string of the molecule is CC(CO[Si](C)(C)C(C)(C)C)CC(OS(C)(=O)=O)C(C)NP. The van der Waals surface area contributed by atoms with E-state index in [2.05, 4.69) is 55.3 Å². The maximum atomic E-state index is 11.4. The molecule has 22 heavy (non-hydrogen) atoms. The highest BCUT2D eigenvalue weighted by atomic mass is 32.2. The smallest absolute Gasteiger partial charge is 0.264 e. The van der Waals surface area contributed by atoms with Gasteiger partial charge >= 0.3 is 0 Å². The van der Waals surface area contributed by atoms with E-state index in [0.717, 1.165) is 6.26 Å². The van der Waals surface area contributed by atoms with Gasteiger partial charge in [-0.3, -0.25) is 9.27 Å². The van der Waals surface area contributed by atoms with Gasteiger partial charge in [0.2, 0.25) is 0 Å². The fraction of sp³-hybridized carbons (Fsp3) is 1.00. The fourth-order valence-electron chi connectivity index (χ4n) is 1.69. The van der Waals surface area contributed by atoms with Gasteiger partial charge in [-0.25, -0.2) is 0 Å². The van der Waals surface area contributed by atoms with Crippen molar-refractivity contribution in [2.75, 3.05) is 12.9 Å². The minimum Gasteiger partial charge on any atom is -0.417 e.